The van der Waals surface area contributed by atoms with Crippen LogP contribution in [0, 0.1) is 5.92 Å². The summed E-state index contributed by atoms with van der Waals surface area (Å²) in [5.74, 6) is 0.679. The second-order valence-corrected chi connectivity index (χ2v) is 11.3. The molecule has 0 unspecified atom stereocenters. The van der Waals surface area contributed by atoms with Crippen LogP contribution in [0.2, 0.25) is 0 Å². The predicted octanol–water partition coefficient (Wildman–Crippen LogP) is 5.43. The minimum Gasteiger partial charge on any atom is -0.486 e. The quantitative estimate of drug-likeness (QED) is 0.305. The molecule has 240 valence electrons. The second-order valence-electron chi connectivity index (χ2n) is 11.3. The number of ether oxygens (including phenoxy) is 3. The predicted molar refractivity (Wildman–Crippen MR) is 161 cm³/mol. The van der Waals surface area contributed by atoms with E-state index in [9.17, 15) is 27.9 Å². The number of hydrogen-bond acceptors (Lipinski definition) is 7. The Morgan fingerprint density at radius 2 is 1.82 bits per heavy atom. The SMILES string of the molecule is C[C@H]1CN([C@@H](C)CO)C(=O)c2cccc(NC(=O)Nc3ccc4c(c3)OCO4)c2O[C@@H]1CN(C)Cc1ccc(C(F)(F)F)cc1. The largest absolute Gasteiger partial charge is 0.486 e. The van der Waals surface area contributed by atoms with Crippen LogP contribution in [0.25, 0.3) is 0 Å². The van der Waals surface area contributed by atoms with Gasteiger partial charge in [0.05, 0.1) is 29.5 Å². The van der Waals surface area contributed by atoms with E-state index in [1.807, 2.05) is 18.9 Å². The number of amides is 3. The molecule has 0 aromatic heterocycles. The van der Waals surface area contributed by atoms with Crippen LogP contribution >= 0.6 is 0 Å². The minimum atomic E-state index is -4.41. The molecule has 0 bridgehead atoms. The molecule has 13 heteroatoms. The fourth-order valence-corrected chi connectivity index (χ4v) is 5.30. The molecule has 3 amide bonds. The van der Waals surface area contributed by atoms with E-state index in [1.165, 1.54) is 12.1 Å². The number of carbonyl (C=O) groups is 2. The highest BCUT2D eigenvalue weighted by molar-refractivity contribution is 6.04. The van der Waals surface area contributed by atoms with Crippen molar-refractivity contribution < 1.29 is 42.1 Å². The molecule has 10 nitrogen and oxygen atoms in total. The van der Waals surface area contributed by atoms with Gasteiger partial charge in [-0.1, -0.05) is 25.1 Å². The van der Waals surface area contributed by atoms with Gasteiger partial charge in [0.15, 0.2) is 17.2 Å². The summed E-state index contributed by atoms with van der Waals surface area (Å²) in [5.41, 5.74) is 0.927. The number of anilines is 2. The molecule has 3 aromatic rings. The molecule has 3 atom stereocenters. The smallest absolute Gasteiger partial charge is 0.416 e. The van der Waals surface area contributed by atoms with Gasteiger partial charge in [0.25, 0.3) is 5.91 Å². The molecule has 0 fully saturated rings. The maximum absolute atomic E-state index is 13.7. The first-order valence-electron chi connectivity index (χ1n) is 14.5. The molecule has 45 heavy (non-hydrogen) atoms. The van der Waals surface area contributed by atoms with Gasteiger partial charge >= 0.3 is 12.2 Å². The van der Waals surface area contributed by atoms with Crippen molar-refractivity contribution in [2.45, 2.75) is 38.7 Å². The number of alkyl halides is 3. The van der Waals surface area contributed by atoms with Crippen LogP contribution in [0.5, 0.6) is 17.2 Å². The number of aliphatic hydroxyl groups is 1. The number of likely N-dealkylation sites (N-methyl/N-ethyl adjacent to an activating group) is 1. The van der Waals surface area contributed by atoms with Crippen molar-refractivity contribution in [1.82, 2.24) is 9.80 Å². The van der Waals surface area contributed by atoms with E-state index >= 15 is 0 Å². The minimum absolute atomic E-state index is 0.0948. The van der Waals surface area contributed by atoms with Crippen molar-refractivity contribution >= 4 is 23.3 Å². The second kappa shape index (κ2) is 13.2. The van der Waals surface area contributed by atoms with Gasteiger partial charge in [-0.05, 0) is 55.9 Å². The van der Waals surface area contributed by atoms with Gasteiger partial charge in [-0.3, -0.25) is 9.69 Å². The Labute approximate surface area is 258 Å². The molecule has 0 radical (unpaired) electrons. The number of benzene rings is 3. The summed E-state index contributed by atoms with van der Waals surface area (Å²) in [7, 11) is 1.83. The number of urea groups is 1. The fraction of sp³-hybridized carbons (Fsp3) is 0.375. The van der Waals surface area contributed by atoms with E-state index in [2.05, 4.69) is 10.6 Å². The van der Waals surface area contributed by atoms with E-state index in [0.717, 1.165) is 12.1 Å². The van der Waals surface area contributed by atoms with Gasteiger partial charge in [0, 0.05) is 37.3 Å². The summed E-state index contributed by atoms with van der Waals surface area (Å²) in [5, 5.41) is 15.5. The highest BCUT2D eigenvalue weighted by atomic mass is 19.4. The number of halogens is 3. The first kappa shape index (κ1) is 31.9. The summed E-state index contributed by atoms with van der Waals surface area (Å²) in [6.07, 6.45) is -4.91. The maximum Gasteiger partial charge on any atom is 0.416 e. The highest BCUT2D eigenvalue weighted by Gasteiger charge is 2.35. The van der Waals surface area contributed by atoms with Crippen LogP contribution in [-0.2, 0) is 12.7 Å². The lowest BCUT2D eigenvalue weighted by molar-refractivity contribution is -0.137. The van der Waals surface area contributed by atoms with Crippen LogP contribution in [0.4, 0.5) is 29.3 Å². The lowest BCUT2D eigenvalue weighted by Crippen LogP contribution is -2.49. The molecule has 0 saturated heterocycles. The van der Waals surface area contributed by atoms with E-state index in [1.54, 1.807) is 48.2 Å². The van der Waals surface area contributed by atoms with Gasteiger partial charge in [-0.15, -0.1) is 0 Å². The first-order valence-corrected chi connectivity index (χ1v) is 14.5. The Kier molecular flexibility index (Phi) is 9.40. The number of para-hydroxylation sites is 1. The third kappa shape index (κ3) is 7.43. The molecule has 3 N–H and O–H groups in total. The summed E-state index contributed by atoms with van der Waals surface area (Å²) < 4.78 is 56.3. The number of aliphatic hydroxyl groups excluding tert-OH is 1. The molecule has 0 saturated carbocycles. The molecule has 2 aliphatic heterocycles. The molecule has 0 spiro atoms. The monoisotopic (exact) mass is 628 g/mol. The lowest BCUT2D eigenvalue weighted by Gasteiger charge is -2.38. The van der Waals surface area contributed by atoms with Crippen LogP contribution in [0.15, 0.2) is 60.7 Å². The third-order valence-electron chi connectivity index (χ3n) is 7.80. The zero-order valence-electron chi connectivity index (χ0n) is 25.1. The number of nitrogens with zero attached hydrogens (tertiary/aromatic N) is 2. The van der Waals surface area contributed by atoms with E-state index < -0.39 is 29.9 Å². The van der Waals surface area contributed by atoms with Gasteiger partial charge in [-0.25, -0.2) is 4.79 Å². The summed E-state index contributed by atoms with van der Waals surface area (Å²) >= 11 is 0. The Balaban J connectivity index is 1.38. The molecule has 2 aliphatic rings. The van der Waals surface area contributed by atoms with Crippen molar-refractivity contribution in [2.24, 2.45) is 5.92 Å². The molecule has 0 aliphatic carbocycles. The average molecular weight is 629 g/mol. The molecule has 3 aromatic carbocycles. The zero-order chi connectivity index (χ0) is 32.3. The van der Waals surface area contributed by atoms with Crippen molar-refractivity contribution in [3.63, 3.8) is 0 Å². The maximum atomic E-state index is 13.7. The number of nitrogens with one attached hydrogen (secondary N) is 2. The molecule has 5 rings (SSSR count). The van der Waals surface area contributed by atoms with Crippen LogP contribution < -0.4 is 24.8 Å². The fourth-order valence-electron chi connectivity index (χ4n) is 5.30. The average Bonchev–Trinajstić information content (AvgIpc) is 3.46. The number of fused-ring (bicyclic) bond motifs is 2. The number of hydrogen-bond donors (Lipinski definition) is 3. The normalized spacial score (nSPS) is 18.5. The van der Waals surface area contributed by atoms with Gasteiger partial charge in [-0.2, -0.15) is 13.2 Å². The topological polar surface area (TPSA) is 113 Å². The third-order valence-corrected chi connectivity index (χ3v) is 7.80. The summed E-state index contributed by atoms with van der Waals surface area (Å²) in [4.78, 5) is 30.3. The Hall–Kier alpha value is -4.49. The lowest BCUT2D eigenvalue weighted by atomic mass is 9.98. The summed E-state index contributed by atoms with van der Waals surface area (Å²) in [6, 6.07) is 13.8. The van der Waals surface area contributed by atoms with Crippen LogP contribution in [-0.4, -0.2) is 72.5 Å². The van der Waals surface area contributed by atoms with E-state index in [0.29, 0.717) is 42.4 Å². The Morgan fingerprint density at radius 1 is 1.09 bits per heavy atom. The Bertz CT molecular complexity index is 1530. The van der Waals surface area contributed by atoms with Gasteiger partial charge in [0.2, 0.25) is 6.79 Å². The first-order chi connectivity index (χ1) is 21.4. The van der Waals surface area contributed by atoms with E-state index in [4.69, 9.17) is 14.2 Å². The standard InChI is InChI=1S/C32H35F3N4O6/c1-19-14-39(20(2)17-40)30(41)24-5-4-6-25(37-31(42)36-23-11-12-26-27(13-23)44-18-43-26)29(24)45-28(19)16-38(3)15-21-7-9-22(10-8-21)32(33,34)35/h4-13,19-20,28,40H,14-18H2,1-3H3,(H2,36,37,42)/t19-,20-,28+/m0/s1. The molecular formula is C32H35F3N4O6. The van der Waals surface area contributed by atoms with Gasteiger partial charge < -0.3 is 34.9 Å². The number of rotatable bonds is 8. The summed E-state index contributed by atoms with van der Waals surface area (Å²) in [6.45, 7) is 4.52. The molecular weight excluding hydrogens is 593 g/mol. The van der Waals surface area contributed by atoms with Crippen molar-refractivity contribution in [1.29, 1.82) is 0 Å². The highest BCUT2D eigenvalue weighted by Crippen LogP contribution is 2.37. The zero-order valence-corrected chi connectivity index (χ0v) is 25.1. The van der Waals surface area contributed by atoms with Crippen molar-refractivity contribution in [3.8, 4) is 17.2 Å². The van der Waals surface area contributed by atoms with E-state index in [-0.39, 0.29) is 42.2 Å². The van der Waals surface area contributed by atoms with Crippen LogP contribution in [0.1, 0.15) is 35.3 Å². The Morgan fingerprint density at radius 3 is 2.53 bits per heavy atom. The van der Waals surface area contributed by atoms with Gasteiger partial charge in [0.1, 0.15) is 6.10 Å². The van der Waals surface area contributed by atoms with Crippen LogP contribution in [0.3, 0.4) is 0 Å². The van der Waals surface area contributed by atoms with Crippen molar-refractivity contribution in [2.75, 3.05) is 44.2 Å². The number of carbonyl (C=O) groups excluding carboxylic acids is 2. The van der Waals surface area contributed by atoms with Crippen molar-refractivity contribution in [3.05, 3.63) is 77.4 Å². The molecule has 2 heterocycles.